The Kier molecular flexibility index (Phi) is 2.34. The van der Waals surface area contributed by atoms with Gasteiger partial charge in [-0.25, -0.2) is 0 Å². The normalized spacial score (nSPS) is 25.6. The fourth-order valence-electron chi connectivity index (χ4n) is 1.03. The van der Waals surface area contributed by atoms with E-state index in [2.05, 4.69) is 11.2 Å². The van der Waals surface area contributed by atoms with Crippen LogP contribution in [-0.2, 0) is 9.59 Å². The summed E-state index contributed by atoms with van der Waals surface area (Å²) in [4.78, 5) is 21.3. The number of hydrogen-bond acceptors (Lipinski definition) is 2. The van der Waals surface area contributed by atoms with Gasteiger partial charge in [-0.2, -0.15) is 0 Å². The Labute approximate surface area is 70.0 Å². The van der Waals surface area contributed by atoms with Crippen molar-refractivity contribution in [3.63, 3.8) is 0 Å². The van der Waals surface area contributed by atoms with E-state index in [1.54, 1.807) is 0 Å². The van der Waals surface area contributed by atoms with Crippen molar-refractivity contribution in [1.82, 2.24) is 5.32 Å². The first kappa shape index (κ1) is 8.60. The van der Waals surface area contributed by atoms with Crippen molar-refractivity contribution in [1.29, 1.82) is 0 Å². The summed E-state index contributed by atoms with van der Waals surface area (Å²) < 4.78 is 0. The van der Waals surface area contributed by atoms with E-state index in [1.807, 2.05) is 0 Å². The molecule has 0 radical (unpaired) electrons. The molecule has 1 aliphatic carbocycles. The molecule has 2 atom stereocenters. The zero-order valence-electron chi connectivity index (χ0n) is 6.41. The number of nitrogens with one attached hydrogen (secondary N) is 1. The maximum atomic E-state index is 11.0. The molecule has 0 aromatic heterocycles. The minimum atomic E-state index is -0.907. The molecule has 0 aromatic rings. The summed E-state index contributed by atoms with van der Waals surface area (Å²) in [5.41, 5.74) is 0. The number of carbonyl (C=O) groups is 2. The van der Waals surface area contributed by atoms with Crippen molar-refractivity contribution in [3.8, 4) is 12.3 Å². The molecule has 0 heterocycles. The Morgan fingerprint density at radius 3 is 2.67 bits per heavy atom. The van der Waals surface area contributed by atoms with Gasteiger partial charge in [-0.3, -0.25) is 9.59 Å². The molecule has 1 saturated carbocycles. The van der Waals surface area contributed by atoms with Crippen LogP contribution in [0.3, 0.4) is 0 Å². The lowest BCUT2D eigenvalue weighted by Crippen LogP contribution is -2.26. The number of amides is 1. The number of carboxylic acid groups (broad SMARTS) is 1. The van der Waals surface area contributed by atoms with E-state index in [4.69, 9.17) is 11.5 Å². The molecular formula is C8H9NO3. The standard InChI is InChI=1S/C8H9NO3/c1-2-3-9-7(10)5-4-6(5)8(11)12/h1,5-6H,3-4H2,(H,9,10)(H,11,12)/t5-,6+/m0/s1. The number of rotatable bonds is 3. The van der Waals surface area contributed by atoms with Crippen molar-refractivity contribution in [2.45, 2.75) is 6.42 Å². The smallest absolute Gasteiger partial charge is 0.307 e. The highest BCUT2D eigenvalue weighted by Crippen LogP contribution is 2.38. The molecule has 0 aromatic carbocycles. The molecule has 12 heavy (non-hydrogen) atoms. The summed E-state index contributed by atoms with van der Waals surface area (Å²) in [6.07, 6.45) is 5.35. The molecule has 0 spiro atoms. The van der Waals surface area contributed by atoms with Gasteiger partial charge in [0.2, 0.25) is 5.91 Å². The van der Waals surface area contributed by atoms with Crippen molar-refractivity contribution in [2.24, 2.45) is 11.8 Å². The fraction of sp³-hybridized carbons (Fsp3) is 0.500. The Morgan fingerprint density at radius 2 is 2.25 bits per heavy atom. The maximum absolute atomic E-state index is 11.0. The number of aliphatic carboxylic acids is 1. The van der Waals surface area contributed by atoms with E-state index in [9.17, 15) is 9.59 Å². The second kappa shape index (κ2) is 3.26. The van der Waals surface area contributed by atoms with Crippen molar-refractivity contribution >= 4 is 11.9 Å². The van der Waals surface area contributed by atoms with E-state index < -0.39 is 11.9 Å². The van der Waals surface area contributed by atoms with Crippen LogP contribution in [0.4, 0.5) is 0 Å². The Balaban J connectivity index is 2.29. The first-order valence-electron chi connectivity index (χ1n) is 3.60. The third kappa shape index (κ3) is 1.76. The van der Waals surface area contributed by atoms with Crippen LogP contribution in [0.1, 0.15) is 6.42 Å². The minimum absolute atomic E-state index is 0.168. The van der Waals surface area contributed by atoms with Gasteiger partial charge in [0.25, 0.3) is 0 Å². The van der Waals surface area contributed by atoms with Gasteiger partial charge in [-0.1, -0.05) is 5.92 Å². The molecular weight excluding hydrogens is 158 g/mol. The van der Waals surface area contributed by atoms with Gasteiger partial charge in [-0.05, 0) is 6.42 Å². The molecule has 4 heteroatoms. The Morgan fingerprint density at radius 1 is 1.58 bits per heavy atom. The molecule has 2 N–H and O–H groups in total. The molecule has 1 rings (SSSR count). The summed E-state index contributed by atoms with van der Waals surface area (Å²) >= 11 is 0. The second-order valence-corrected chi connectivity index (χ2v) is 2.71. The van der Waals surface area contributed by atoms with Gasteiger partial charge in [-0.15, -0.1) is 6.42 Å². The van der Waals surface area contributed by atoms with Crippen LogP contribution >= 0.6 is 0 Å². The predicted octanol–water partition coefficient (Wildman–Crippen LogP) is -0.544. The Hall–Kier alpha value is -1.50. The molecule has 0 bridgehead atoms. The number of terminal acetylenes is 1. The van der Waals surface area contributed by atoms with Gasteiger partial charge in [0.05, 0.1) is 18.4 Å². The van der Waals surface area contributed by atoms with Crippen molar-refractivity contribution in [2.75, 3.05) is 6.54 Å². The van der Waals surface area contributed by atoms with E-state index >= 15 is 0 Å². The highest BCUT2D eigenvalue weighted by molar-refractivity contribution is 5.89. The number of carbonyl (C=O) groups excluding carboxylic acids is 1. The third-order valence-electron chi connectivity index (χ3n) is 1.81. The first-order chi connectivity index (χ1) is 5.66. The van der Waals surface area contributed by atoms with Crippen molar-refractivity contribution in [3.05, 3.63) is 0 Å². The average molecular weight is 167 g/mol. The van der Waals surface area contributed by atoms with Gasteiger partial charge in [0.1, 0.15) is 0 Å². The van der Waals surface area contributed by atoms with Crippen LogP contribution in [0.15, 0.2) is 0 Å². The first-order valence-corrected chi connectivity index (χ1v) is 3.60. The van der Waals surface area contributed by atoms with E-state index in [-0.39, 0.29) is 18.4 Å². The molecule has 4 nitrogen and oxygen atoms in total. The highest BCUT2D eigenvalue weighted by atomic mass is 16.4. The monoisotopic (exact) mass is 167 g/mol. The lowest BCUT2D eigenvalue weighted by atomic mass is 10.3. The fourth-order valence-corrected chi connectivity index (χ4v) is 1.03. The summed E-state index contributed by atoms with van der Waals surface area (Å²) in [6, 6.07) is 0. The van der Waals surface area contributed by atoms with Crippen LogP contribution in [0.5, 0.6) is 0 Å². The van der Waals surface area contributed by atoms with Crippen LogP contribution in [0.2, 0.25) is 0 Å². The summed E-state index contributed by atoms with van der Waals surface area (Å²) in [7, 11) is 0. The molecule has 0 saturated heterocycles. The van der Waals surface area contributed by atoms with Gasteiger partial charge in [0.15, 0.2) is 0 Å². The van der Waals surface area contributed by atoms with E-state index in [0.29, 0.717) is 6.42 Å². The van der Waals surface area contributed by atoms with Crippen LogP contribution in [0.25, 0.3) is 0 Å². The third-order valence-corrected chi connectivity index (χ3v) is 1.81. The van der Waals surface area contributed by atoms with E-state index in [0.717, 1.165) is 0 Å². The average Bonchev–Trinajstić information content (AvgIpc) is 2.78. The summed E-state index contributed by atoms with van der Waals surface area (Å²) in [6.45, 7) is 0.168. The maximum Gasteiger partial charge on any atom is 0.307 e. The Bertz CT molecular complexity index is 254. The predicted molar refractivity (Wildman–Crippen MR) is 41.1 cm³/mol. The molecule has 0 aliphatic heterocycles. The van der Waals surface area contributed by atoms with Crippen LogP contribution < -0.4 is 5.32 Å². The van der Waals surface area contributed by atoms with E-state index in [1.165, 1.54) is 0 Å². The zero-order chi connectivity index (χ0) is 9.14. The van der Waals surface area contributed by atoms with Crippen LogP contribution in [-0.4, -0.2) is 23.5 Å². The van der Waals surface area contributed by atoms with Gasteiger partial charge < -0.3 is 10.4 Å². The summed E-state index contributed by atoms with van der Waals surface area (Å²) in [5.74, 6) is 0.227. The molecule has 0 unspecified atom stereocenters. The summed E-state index contributed by atoms with van der Waals surface area (Å²) in [5, 5.41) is 10.9. The topological polar surface area (TPSA) is 66.4 Å². The lowest BCUT2D eigenvalue weighted by Gasteiger charge is -1.97. The number of hydrogen-bond donors (Lipinski definition) is 2. The quantitative estimate of drug-likeness (QED) is 0.554. The second-order valence-electron chi connectivity index (χ2n) is 2.71. The van der Waals surface area contributed by atoms with Crippen LogP contribution in [0, 0.1) is 24.2 Å². The molecule has 1 fully saturated rings. The largest absolute Gasteiger partial charge is 0.481 e. The lowest BCUT2D eigenvalue weighted by molar-refractivity contribution is -0.140. The number of carboxylic acids is 1. The van der Waals surface area contributed by atoms with Gasteiger partial charge >= 0.3 is 5.97 Å². The zero-order valence-corrected chi connectivity index (χ0v) is 6.41. The molecule has 1 amide bonds. The minimum Gasteiger partial charge on any atom is -0.481 e. The SMILES string of the molecule is C#CCNC(=O)[C@H]1C[C@H]1C(=O)O. The van der Waals surface area contributed by atoms with Gasteiger partial charge in [0, 0.05) is 0 Å². The molecule has 1 aliphatic rings. The van der Waals surface area contributed by atoms with Crippen molar-refractivity contribution < 1.29 is 14.7 Å². The highest BCUT2D eigenvalue weighted by Gasteiger charge is 2.48. The molecule has 64 valence electrons.